The van der Waals surface area contributed by atoms with Crippen molar-refractivity contribution in [1.29, 1.82) is 0 Å². The van der Waals surface area contributed by atoms with Crippen molar-refractivity contribution >= 4 is 17.1 Å². The highest BCUT2D eigenvalue weighted by Gasteiger charge is 2.25. The molecule has 3 rings (SSSR count). The minimum Gasteiger partial charge on any atom is -0.366 e. The van der Waals surface area contributed by atoms with Crippen molar-refractivity contribution in [3.8, 4) is 0 Å². The second-order valence-corrected chi connectivity index (χ2v) is 6.07. The van der Waals surface area contributed by atoms with E-state index < -0.39 is 0 Å². The molecule has 0 radical (unpaired) electrons. The van der Waals surface area contributed by atoms with E-state index >= 15 is 0 Å². The fourth-order valence-corrected chi connectivity index (χ4v) is 3.22. The molecule has 6 heteroatoms. The lowest BCUT2D eigenvalue weighted by Crippen LogP contribution is -3.12. The summed E-state index contributed by atoms with van der Waals surface area (Å²) >= 11 is 0. The number of quaternary nitrogens is 1. The van der Waals surface area contributed by atoms with Crippen LogP contribution < -0.4 is 14.7 Å². The van der Waals surface area contributed by atoms with Crippen LogP contribution in [0.3, 0.4) is 0 Å². The van der Waals surface area contributed by atoms with Crippen molar-refractivity contribution in [3.05, 3.63) is 28.3 Å². The smallest absolute Gasteiger partial charge is 0.292 e. The Morgan fingerprint density at radius 3 is 2.38 bits per heavy atom. The number of anilines is 2. The maximum atomic E-state index is 11.3. The van der Waals surface area contributed by atoms with Gasteiger partial charge in [-0.25, -0.2) is 0 Å². The summed E-state index contributed by atoms with van der Waals surface area (Å²) in [5.74, 6) is 0. The molecule has 2 saturated heterocycles. The first-order valence-corrected chi connectivity index (χ1v) is 7.75. The van der Waals surface area contributed by atoms with Gasteiger partial charge in [-0.05, 0) is 25.0 Å². The lowest BCUT2D eigenvalue weighted by atomic mass is 10.2. The number of nitro benzene ring substituents is 1. The second-order valence-electron chi connectivity index (χ2n) is 6.07. The summed E-state index contributed by atoms with van der Waals surface area (Å²) in [5.41, 5.74) is 2.15. The van der Waals surface area contributed by atoms with Crippen LogP contribution in [0.2, 0.25) is 0 Å². The first-order valence-electron chi connectivity index (χ1n) is 7.75. The van der Waals surface area contributed by atoms with Crippen LogP contribution in [0.1, 0.15) is 12.8 Å². The van der Waals surface area contributed by atoms with Crippen LogP contribution in [-0.4, -0.2) is 51.2 Å². The topological polar surface area (TPSA) is 54.1 Å². The highest BCUT2D eigenvalue weighted by atomic mass is 16.6. The Morgan fingerprint density at radius 2 is 1.76 bits per heavy atom. The first kappa shape index (κ1) is 14.1. The van der Waals surface area contributed by atoms with Crippen molar-refractivity contribution in [2.45, 2.75) is 12.8 Å². The van der Waals surface area contributed by atoms with Crippen LogP contribution in [0.25, 0.3) is 0 Å². The summed E-state index contributed by atoms with van der Waals surface area (Å²) in [6.45, 7) is 6.13. The second kappa shape index (κ2) is 5.89. The Hall–Kier alpha value is -1.82. The van der Waals surface area contributed by atoms with Crippen LogP contribution in [0.4, 0.5) is 17.1 Å². The normalized spacial score (nSPS) is 20.0. The molecule has 1 N–H and O–H groups in total. The minimum absolute atomic E-state index is 0.236. The summed E-state index contributed by atoms with van der Waals surface area (Å²) in [6, 6.07) is 5.59. The summed E-state index contributed by atoms with van der Waals surface area (Å²) in [5, 5.41) is 11.3. The molecule has 0 saturated carbocycles. The lowest BCUT2D eigenvalue weighted by Gasteiger charge is -2.32. The Morgan fingerprint density at radius 1 is 1.10 bits per heavy atom. The van der Waals surface area contributed by atoms with Crippen LogP contribution in [0.15, 0.2) is 18.2 Å². The molecule has 21 heavy (non-hydrogen) atoms. The Balaban J connectivity index is 1.88. The number of benzene rings is 1. The number of nitrogens with zero attached hydrogens (tertiary/aromatic N) is 3. The zero-order chi connectivity index (χ0) is 14.8. The number of hydrogen-bond acceptors (Lipinski definition) is 4. The average molecular weight is 291 g/mol. The van der Waals surface area contributed by atoms with Crippen LogP contribution in [0, 0.1) is 10.1 Å². The third-order valence-electron chi connectivity index (χ3n) is 4.58. The van der Waals surface area contributed by atoms with Gasteiger partial charge in [0.1, 0.15) is 5.69 Å². The number of nitro groups is 1. The number of nitrogens with one attached hydrogen (secondary N) is 1. The quantitative estimate of drug-likeness (QED) is 0.652. The monoisotopic (exact) mass is 291 g/mol. The van der Waals surface area contributed by atoms with Crippen LogP contribution >= 0.6 is 0 Å². The van der Waals surface area contributed by atoms with Crippen LogP contribution in [-0.2, 0) is 0 Å². The Kier molecular flexibility index (Phi) is 3.96. The third-order valence-corrected chi connectivity index (χ3v) is 4.58. The molecule has 2 heterocycles. The van der Waals surface area contributed by atoms with Gasteiger partial charge in [0.25, 0.3) is 5.69 Å². The van der Waals surface area contributed by atoms with Gasteiger partial charge in [-0.2, -0.15) is 0 Å². The SMILES string of the molecule is C[NH+]1CCN(c2ccc([N+](=O)[O-])c(N3CCCC3)c2)CC1. The zero-order valence-electron chi connectivity index (χ0n) is 12.5. The van der Waals surface area contributed by atoms with Crippen molar-refractivity contribution in [2.24, 2.45) is 0 Å². The van der Waals surface area contributed by atoms with E-state index in [1.807, 2.05) is 12.1 Å². The van der Waals surface area contributed by atoms with E-state index in [2.05, 4.69) is 16.8 Å². The number of hydrogen-bond donors (Lipinski definition) is 1. The molecule has 0 spiro atoms. The molecule has 2 fully saturated rings. The van der Waals surface area contributed by atoms with E-state index in [4.69, 9.17) is 0 Å². The predicted octanol–water partition coefficient (Wildman–Crippen LogP) is 0.530. The average Bonchev–Trinajstić information content (AvgIpc) is 3.01. The summed E-state index contributed by atoms with van der Waals surface area (Å²) < 4.78 is 0. The Bertz CT molecular complexity index is 520. The van der Waals surface area contributed by atoms with Crippen molar-refractivity contribution in [3.63, 3.8) is 0 Å². The minimum atomic E-state index is -0.258. The van der Waals surface area contributed by atoms with E-state index in [1.165, 1.54) is 0 Å². The van der Waals surface area contributed by atoms with Gasteiger partial charge in [0.05, 0.1) is 38.2 Å². The van der Waals surface area contributed by atoms with E-state index in [-0.39, 0.29) is 10.6 Å². The largest absolute Gasteiger partial charge is 0.366 e. The molecular weight excluding hydrogens is 268 g/mol. The van der Waals surface area contributed by atoms with Gasteiger partial charge in [0, 0.05) is 24.8 Å². The fraction of sp³-hybridized carbons (Fsp3) is 0.600. The van der Waals surface area contributed by atoms with E-state index in [9.17, 15) is 10.1 Å². The van der Waals surface area contributed by atoms with Crippen molar-refractivity contribution in [1.82, 2.24) is 0 Å². The lowest BCUT2D eigenvalue weighted by molar-refractivity contribution is -0.880. The number of piperazine rings is 1. The van der Waals surface area contributed by atoms with Crippen molar-refractivity contribution < 1.29 is 9.82 Å². The summed E-state index contributed by atoms with van der Waals surface area (Å²) in [7, 11) is 2.21. The zero-order valence-corrected chi connectivity index (χ0v) is 12.5. The summed E-state index contributed by atoms with van der Waals surface area (Å²) in [6.07, 6.45) is 2.25. The molecule has 0 unspecified atom stereocenters. The first-order chi connectivity index (χ1) is 10.1. The molecule has 0 bridgehead atoms. The van der Waals surface area contributed by atoms with Crippen molar-refractivity contribution in [2.75, 3.05) is 56.1 Å². The van der Waals surface area contributed by atoms with Gasteiger partial charge in [-0.3, -0.25) is 10.1 Å². The molecule has 0 aliphatic carbocycles. The molecule has 0 amide bonds. The van der Waals surface area contributed by atoms with E-state index in [0.717, 1.165) is 63.5 Å². The molecule has 6 nitrogen and oxygen atoms in total. The fourth-order valence-electron chi connectivity index (χ4n) is 3.22. The number of rotatable bonds is 3. The van der Waals surface area contributed by atoms with E-state index in [0.29, 0.717) is 0 Å². The molecular formula is C15H23N4O2+. The van der Waals surface area contributed by atoms with Gasteiger partial charge in [0.2, 0.25) is 0 Å². The molecule has 1 aromatic carbocycles. The Labute approximate surface area is 125 Å². The summed E-state index contributed by atoms with van der Waals surface area (Å²) in [4.78, 5) is 17.1. The molecule has 1 aromatic rings. The van der Waals surface area contributed by atoms with Gasteiger partial charge in [-0.15, -0.1) is 0 Å². The van der Waals surface area contributed by atoms with Crippen LogP contribution in [0.5, 0.6) is 0 Å². The molecule has 2 aliphatic rings. The van der Waals surface area contributed by atoms with E-state index in [1.54, 1.807) is 11.0 Å². The standard InChI is InChI=1S/C15H22N4O2/c1-16-8-10-17(11-9-16)13-4-5-14(19(20)21)15(12-13)18-6-2-3-7-18/h4-5,12H,2-3,6-11H2,1H3/p+1. The maximum Gasteiger partial charge on any atom is 0.292 e. The molecule has 0 aromatic heterocycles. The van der Waals surface area contributed by atoms with Gasteiger partial charge in [0.15, 0.2) is 0 Å². The third kappa shape index (κ3) is 2.95. The molecule has 0 atom stereocenters. The molecule has 114 valence electrons. The maximum absolute atomic E-state index is 11.3. The van der Waals surface area contributed by atoms with Gasteiger partial charge in [-0.1, -0.05) is 0 Å². The van der Waals surface area contributed by atoms with Gasteiger partial charge >= 0.3 is 0 Å². The number of likely N-dealkylation sites (N-methyl/N-ethyl adjacent to an activating group) is 1. The highest BCUT2D eigenvalue weighted by Crippen LogP contribution is 2.34. The molecule has 2 aliphatic heterocycles. The van der Waals surface area contributed by atoms with Gasteiger partial charge < -0.3 is 14.7 Å². The predicted molar refractivity (Wildman–Crippen MR) is 83.4 cm³/mol. The highest BCUT2D eigenvalue weighted by molar-refractivity contribution is 5.70.